The van der Waals surface area contributed by atoms with Crippen molar-refractivity contribution in [1.82, 2.24) is 20.2 Å². The maximum Gasteiger partial charge on any atom is 0.226 e. The molecule has 3 rings (SSSR count). The van der Waals surface area contributed by atoms with Gasteiger partial charge >= 0.3 is 0 Å². The van der Waals surface area contributed by atoms with Gasteiger partial charge in [-0.1, -0.05) is 0 Å². The van der Waals surface area contributed by atoms with Crippen LogP contribution in [0.5, 0.6) is 0 Å². The zero-order valence-electron chi connectivity index (χ0n) is 11.6. The Hall–Kier alpha value is -1.89. The van der Waals surface area contributed by atoms with Crippen LogP contribution < -0.4 is 10.6 Å². The number of aromatic nitrogens is 4. The van der Waals surface area contributed by atoms with Gasteiger partial charge < -0.3 is 15.4 Å². The molecular formula is C13H20N6O. The van der Waals surface area contributed by atoms with Gasteiger partial charge in [-0.05, 0) is 26.2 Å². The van der Waals surface area contributed by atoms with Crippen molar-refractivity contribution in [3.63, 3.8) is 0 Å². The lowest BCUT2D eigenvalue weighted by Gasteiger charge is -2.11. The van der Waals surface area contributed by atoms with Crippen LogP contribution in [0, 0.1) is 0 Å². The van der Waals surface area contributed by atoms with Crippen LogP contribution in [-0.2, 0) is 4.74 Å². The molecule has 1 atom stereocenters. The molecule has 0 aliphatic carbocycles. The molecule has 1 aliphatic rings. The molecule has 1 fully saturated rings. The molecule has 0 saturated carbocycles. The van der Waals surface area contributed by atoms with Gasteiger partial charge in [-0.3, -0.25) is 5.10 Å². The fourth-order valence-electron chi connectivity index (χ4n) is 2.43. The number of hydrogen-bond acceptors (Lipinski definition) is 6. The van der Waals surface area contributed by atoms with E-state index in [4.69, 9.17) is 4.74 Å². The van der Waals surface area contributed by atoms with Gasteiger partial charge in [0, 0.05) is 19.7 Å². The van der Waals surface area contributed by atoms with Crippen molar-refractivity contribution in [2.45, 2.75) is 32.3 Å². The van der Waals surface area contributed by atoms with Gasteiger partial charge in [0.05, 0.1) is 17.7 Å². The Morgan fingerprint density at radius 1 is 1.40 bits per heavy atom. The molecule has 0 radical (unpaired) electrons. The highest BCUT2D eigenvalue weighted by molar-refractivity contribution is 5.86. The summed E-state index contributed by atoms with van der Waals surface area (Å²) in [5.74, 6) is 1.43. The molecule has 20 heavy (non-hydrogen) atoms. The van der Waals surface area contributed by atoms with E-state index in [2.05, 4.69) is 30.8 Å². The van der Waals surface area contributed by atoms with Crippen molar-refractivity contribution in [3.05, 3.63) is 6.20 Å². The van der Waals surface area contributed by atoms with Gasteiger partial charge in [-0.2, -0.15) is 15.1 Å². The second-order valence-electron chi connectivity index (χ2n) is 4.91. The normalized spacial score (nSPS) is 18.6. The van der Waals surface area contributed by atoms with Crippen LogP contribution in [0.2, 0.25) is 0 Å². The predicted octanol–water partition coefficient (Wildman–Crippen LogP) is 1.77. The summed E-state index contributed by atoms with van der Waals surface area (Å²) in [6.45, 7) is 4.54. The monoisotopic (exact) mass is 276 g/mol. The van der Waals surface area contributed by atoms with Crippen molar-refractivity contribution in [1.29, 1.82) is 0 Å². The molecule has 0 spiro atoms. The smallest absolute Gasteiger partial charge is 0.226 e. The standard InChI is InChI=1S/C13H20N6O/c1-2-14-13-17-11(10-8-16-19-12(10)18-13)15-6-5-9-4-3-7-20-9/h8-9H,2-7H2,1H3,(H3,14,15,16,17,18,19). The lowest BCUT2D eigenvalue weighted by atomic mass is 10.2. The van der Waals surface area contributed by atoms with E-state index in [0.717, 1.165) is 49.4 Å². The number of fused-ring (bicyclic) bond motifs is 1. The van der Waals surface area contributed by atoms with E-state index in [-0.39, 0.29) is 0 Å². The van der Waals surface area contributed by atoms with Crippen LogP contribution >= 0.6 is 0 Å². The lowest BCUT2D eigenvalue weighted by Crippen LogP contribution is -2.14. The molecule has 3 N–H and O–H groups in total. The van der Waals surface area contributed by atoms with E-state index in [1.165, 1.54) is 6.42 Å². The number of hydrogen-bond donors (Lipinski definition) is 3. The Morgan fingerprint density at radius 2 is 2.35 bits per heavy atom. The number of nitrogens with one attached hydrogen (secondary N) is 3. The second-order valence-corrected chi connectivity index (χ2v) is 4.91. The molecule has 0 aromatic carbocycles. The molecule has 2 aromatic rings. The Kier molecular flexibility index (Phi) is 3.96. The third-order valence-corrected chi connectivity index (χ3v) is 3.43. The molecule has 7 nitrogen and oxygen atoms in total. The first-order valence-corrected chi connectivity index (χ1v) is 7.17. The summed E-state index contributed by atoms with van der Waals surface area (Å²) in [6.07, 6.45) is 5.47. The maximum absolute atomic E-state index is 5.62. The summed E-state index contributed by atoms with van der Waals surface area (Å²) in [6, 6.07) is 0. The summed E-state index contributed by atoms with van der Waals surface area (Å²) in [5, 5.41) is 14.3. The fraction of sp³-hybridized carbons (Fsp3) is 0.615. The second kappa shape index (κ2) is 6.04. The summed E-state index contributed by atoms with van der Waals surface area (Å²) >= 11 is 0. The van der Waals surface area contributed by atoms with Crippen molar-refractivity contribution in [2.24, 2.45) is 0 Å². The zero-order valence-corrected chi connectivity index (χ0v) is 11.6. The Bertz CT molecular complexity index is 563. The van der Waals surface area contributed by atoms with Gasteiger partial charge in [0.2, 0.25) is 5.95 Å². The first-order chi connectivity index (χ1) is 9.86. The van der Waals surface area contributed by atoms with Crippen molar-refractivity contribution >= 4 is 22.8 Å². The van der Waals surface area contributed by atoms with Crippen LogP contribution in [0.25, 0.3) is 11.0 Å². The molecule has 0 amide bonds. The molecule has 1 aliphatic heterocycles. The van der Waals surface area contributed by atoms with Crippen LogP contribution in [0.4, 0.5) is 11.8 Å². The van der Waals surface area contributed by atoms with Crippen molar-refractivity contribution in [2.75, 3.05) is 30.3 Å². The van der Waals surface area contributed by atoms with Crippen LogP contribution in [0.1, 0.15) is 26.2 Å². The molecule has 1 unspecified atom stereocenters. The Labute approximate surface area is 117 Å². The zero-order chi connectivity index (χ0) is 13.8. The quantitative estimate of drug-likeness (QED) is 0.745. The van der Waals surface area contributed by atoms with Gasteiger partial charge in [0.25, 0.3) is 0 Å². The van der Waals surface area contributed by atoms with Crippen molar-refractivity contribution in [3.8, 4) is 0 Å². The molecule has 0 bridgehead atoms. The maximum atomic E-state index is 5.62. The number of anilines is 2. The summed E-state index contributed by atoms with van der Waals surface area (Å²) < 4.78 is 5.62. The number of ether oxygens (including phenoxy) is 1. The van der Waals surface area contributed by atoms with E-state index in [9.17, 15) is 0 Å². The molecular weight excluding hydrogens is 256 g/mol. The van der Waals surface area contributed by atoms with Gasteiger partial charge in [0.15, 0.2) is 5.65 Å². The lowest BCUT2D eigenvalue weighted by molar-refractivity contribution is 0.107. The Balaban J connectivity index is 1.69. The third-order valence-electron chi connectivity index (χ3n) is 3.43. The van der Waals surface area contributed by atoms with Crippen LogP contribution in [0.3, 0.4) is 0 Å². The van der Waals surface area contributed by atoms with Gasteiger partial charge in [-0.25, -0.2) is 0 Å². The van der Waals surface area contributed by atoms with E-state index in [0.29, 0.717) is 12.1 Å². The van der Waals surface area contributed by atoms with E-state index < -0.39 is 0 Å². The number of aromatic amines is 1. The van der Waals surface area contributed by atoms with Gasteiger partial charge in [-0.15, -0.1) is 0 Å². The minimum Gasteiger partial charge on any atom is -0.378 e. The van der Waals surface area contributed by atoms with E-state index >= 15 is 0 Å². The summed E-state index contributed by atoms with van der Waals surface area (Å²) in [5.41, 5.74) is 0.746. The largest absolute Gasteiger partial charge is 0.378 e. The number of rotatable bonds is 6. The highest BCUT2D eigenvalue weighted by atomic mass is 16.5. The molecule has 108 valence electrons. The molecule has 1 saturated heterocycles. The van der Waals surface area contributed by atoms with Gasteiger partial charge in [0.1, 0.15) is 5.82 Å². The number of nitrogens with zero attached hydrogens (tertiary/aromatic N) is 3. The SMILES string of the molecule is CCNc1nc(NCCC2CCCO2)c2cn[nH]c2n1. The topological polar surface area (TPSA) is 87.8 Å². The highest BCUT2D eigenvalue weighted by Crippen LogP contribution is 2.21. The average Bonchev–Trinajstić information content (AvgIpc) is 3.09. The van der Waals surface area contributed by atoms with Crippen LogP contribution in [-0.4, -0.2) is 46.0 Å². The fourth-order valence-corrected chi connectivity index (χ4v) is 2.43. The summed E-state index contributed by atoms with van der Waals surface area (Å²) in [4.78, 5) is 8.86. The number of H-pyrrole nitrogens is 1. The predicted molar refractivity (Wildman–Crippen MR) is 77.9 cm³/mol. The minimum atomic E-state index is 0.386. The molecule has 2 aromatic heterocycles. The summed E-state index contributed by atoms with van der Waals surface area (Å²) in [7, 11) is 0. The first kappa shape index (κ1) is 13.1. The Morgan fingerprint density at radius 3 is 3.15 bits per heavy atom. The third kappa shape index (κ3) is 2.82. The molecule has 7 heteroatoms. The first-order valence-electron chi connectivity index (χ1n) is 7.17. The average molecular weight is 276 g/mol. The highest BCUT2D eigenvalue weighted by Gasteiger charge is 2.15. The molecule has 3 heterocycles. The van der Waals surface area contributed by atoms with Crippen LogP contribution in [0.15, 0.2) is 6.20 Å². The van der Waals surface area contributed by atoms with E-state index in [1.54, 1.807) is 6.20 Å². The van der Waals surface area contributed by atoms with E-state index in [1.807, 2.05) is 6.92 Å². The van der Waals surface area contributed by atoms with Crippen molar-refractivity contribution < 1.29 is 4.74 Å². The minimum absolute atomic E-state index is 0.386.